The number of carbonyl (C=O) groups is 1. The molecule has 0 atom stereocenters. The van der Waals surface area contributed by atoms with Crippen molar-refractivity contribution in [2.75, 3.05) is 12.8 Å². The van der Waals surface area contributed by atoms with E-state index < -0.39 is 5.97 Å². The quantitative estimate of drug-likeness (QED) is 0.507. The molecule has 0 saturated heterocycles. The number of nitrogens with two attached hydrogens (primary N) is 1. The van der Waals surface area contributed by atoms with E-state index in [0.29, 0.717) is 11.4 Å². The monoisotopic (exact) mass is 273 g/mol. The molecule has 0 aliphatic heterocycles. The summed E-state index contributed by atoms with van der Waals surface area (Å²) < 4.78 is 10.2. The van der Waals surface area contributed by atoms with Gasteiger partial charge in [-0.25, -0.2) is 4.79 Å². The minimum absolute atomic E-state index is 0.0490. The van der Waals surface area contributed by atoms with Gasteiger partial charge in [-0.05, 0) is 35.9 Å². The molecule has 5 nitrogen and oxygen atoms in total. The highest BCUT2D eigenvalue weighted by atomic mass is 16.5. The van der Waals surface area contributed by atoms with Gasteiger partial charge in [-0.2, -0.15) is 0 Å². The molecule has 20 heavy (non-hydrogen) atoms. The zero-order valence-corrected chi connectivity index (χ0v) is 11.0. The predicted octanol–water partition coefficient (Wildman–Crippen LogP) is 2.34. The Labute approximate surface area is 116 Å². The molecule has 2 rings (SSSR count). The lowest BCUT2D eigenvalue weighted by molar-refractivity contribution is 0.0469. The molecule has 0 radical (unpaired) electrons. The third-order valence-corrected chi connectivity index (χ3v) is 2.74. The maximum absolute atomic E-state index is 11.9. The maximum atomic E-state index is 11.9. The topological polar surface area (TPSA) is 81.8 Å². The average Bonchev–Trinajstić information content (AvgIpc) is 2.47. The average molecular weight is 273 g/mol. The number of nitrogen functional groups attached to an aromatic ring is 1. The normalized spacial score (nSPS) is 10.1. The van der Waals surface area contributed by atoms with Crippen LogP contribution in [0.5, 0.6) is 11.5 Å². The highest BCUT2D eigenvalue weighted by Gasteiger charge is 2.13. The number of rotatable bonds is 4. The van der Waals surface area contributed by atoms with Gasteiger partial charge in [-0.15, -0.1) is 0 Å². The van der Waals surface area contributed by atoms with Gasteiger partial charge in [0.2, 0.25) is 0 Å². The molecule has 0 heterocycles. The molecule has 0 aliphatic carbocycles. The van der Waals surface area contributed by atoms with E-state index in [9.17, 15) is 9.90 Å². The number of phenolic OH excluding ortho intramolecular Hbond substituents is 1. The molecule has 104 valence electrons. The van der Waals surface area contributed by atoms with Crippen LogP contribution in [0.2, 0.25) is 0 Å². The molecular formula is C15H15NO4. The number of hydrogen-bond acceptors (Lipinski definition) is 5. The van der Waals surface area contributed by atoms with Gasteiger partial charge < -0.3 is 20.3 Å². The first-order valence-corrected chi connectivity index (χ1v) is 5.98. The van der Waals surface area contributed by atoms with Crippen molar-refractivity contribution in [3.05, 3.63) is 53.6 Å². The Bertz CT molecular complexity index is 625. The van der Waals surface area contributed by atoms with Gasteiger partial charge in [0.15, 0.2) is 0 Å². The van der Waals surface area contributed by atoms with E-state index >= 15 is 0 Å². The molecule has 3 N–H and O–H groups in total. The number of benzene rings is 2. The van der Waals surface area contributed by atoms with Crippen molar-refractivity contribution < 1.29 is 19.4 Å². The molecule has 2 aromatic carbocycles. The summed E-state index contributed by atoms with van der Waals surface area (Å²) in [6, 6.07) is 11.4. The van der Waals surface area contributed by atoms with Crippen LogP contribution in [0.25, 0.3) is 0 Å². The Kier molecular flexibility index (Phi) is 4.10. The molecule has 0 spiro atoms. The highest BCUT2D eigenvalue weighted by Crippen LogP contribution is 2.21. The molecule has 0 aliphatic rings. The predicted molar refractivity (Wildman–Crippen MR) is 74.6 cm³/mol. The Morgan fingerprint density at radius 2 is 2.05 bits per heavy atom. The summed E-state index contributed by atoms with van der Waals surface area (Å²) >= 11 is 0. The van der Waals surface area contributed by atoms with Crippen LogP contribution in [0.3, 0.4) is 0 Å². The molecule has 5 heteroatoms. The summed E-state index contributed by atoms with van der Waals surface area (Å²) in [5.41, 5.74) is 6.80. The van der Waals surface area contributed by atoms with Crippen LogP contribution in [-0.4, -0.2) is 18.2 Å². The number of hydrogen-bond donors (Lipinski definition) is 2. The van der Waals surface area contributed by atoms with E-state index in [2.05, 4.69) is 0 Å². The number of carbonyl (C=O) groups excluding carboxylic acids is 1. The number of methoxy groups -OCH3 is 1. The highest BCUT2D eigenvalue weighted by molar-refractivity contribution is 5.93. The lowest BCUT2D eigenvalue weighted by Crippen LogP contribution is -2.06. The van der Waals surface area contributed by atoms with Crippen molar-refractivity contribution in [1.29, 1.82) is 0 Å². The zero-order valence-electron chi connectivity index (χ0n) is 11.0. The number of aromatic hydroxyl groups is 1. The Hall–Kier alpha value is -2.69. The van der Waals surface area contributed by atoms with Gasteiger partial charge in [0.05, 0.1) is 7.11 Å². The first kappa shape index (κ1) is 13.7. The zero-order chi connectivity index (χ0) is 14.5. The summed E-state index contributed by atoms with van der Waals surface area (Å²) in [7, 11) is 1.57. The fraction of sp³-hybridized carbons (Fsp3) is 0.133. The smallest absolute Gasteiger partial charge is 0.342 e. The second-order valence-corrected chi connectivity index (χ2v) is 4.20. The summed E-state index contributed by atoms with van der Waals surface area (Å²) in [6.07, 6.45) is 0. The lowest BCUT2D eigenvalue weighted by Gasteiger charge is -2.08. The van der Waals surface area contributed by atoms with Crippen LogP contribution in [0, 0.1) is 0 Å². The second-order valence-electron chi connectivity index (χ2n) is 4.20. The van der Waals surface area contributed by atoms with Gasteiger partial charge in [-0.3, -0.25) is 0 Å². The van der Waals surface area contributed by atoms with Crippen molar-refractivity contribution in [3.8, 4) is 11.5 Å². The standard InChI is InChI=1S/C15H15NO4/c1-19-12-4-2-3-10(7-12)9-20-15(18)13-8-11(16)5-6-14(13)17/h2-8,17H,9,16H2,1H3. The summed E-state index contributed by atoms with van der Waals surface area (Å²) in [5.74, 6) is -0.0992. The number of ether oxygens (including phenoxy) is 2. The van der Waals surface area contributed by atoms with Crippen LogP contribution in [0.4, 0.5) is 5.69 Å². The molecule has 0 amide bonds. The summed E-state index contributed by atoms with van der Waals surface area (Å²) in [6.45, 7) is 0.0876. The molecule has 0 fully saturated rings. The summed E-state index contributed by atoms with van der Waals surface area (Å²) in [5, 5.41) is 9.61. The number of esters is 1. The molecule has 2 aromatic rings. The molecule has 0 bridgehead atoms. The van der Waals surface area contributed by atoms with Gasteiger partial charge in [0.1, 0.15) is 23.7 Å². The third kappa shape index (κ3) is 3.20. The lowest BCUT2D eigenvalue weighted by atomic mass is 10.2. The third-order valence-electron chi connectivity index (χ3n) is 2.74. The maximum Gasteiger partial charge on any atom is 0.342 e. The van der Waals surface area contributed by atoms with E-state index in [1.807, 2.05) is 6.07 Å². The van der Waals surface area contributed by atoms with E-state index in [0.717, 1.165) is 5.56 Å². The number of anilines is 1. The Balaban J connectivity index is 2.06. The van der Waals surface area contributed by atoms with Gasteiger partial charge >= 0.3 is 5.97 Å². The van der Waals surface area contributed by atoms with Crippen molar-refractivity contribution in [2.45, 2.75) is 6.61 Å². The fourth-order valence-corrected chi connectivity index (χ4v) is 1.71. The first-order chi connectivity index (χ1) is 9.60. The largest absolute Gasteiger partial charge is 0.507 e. The van der Waals surface area contributed by atoms with Gasteiger partial charge in [-0.1, -0.05) is 12.1 Å². The SMILES string of the molecule is COc1cccc(COC(=O)c2cc(N)ccc2O)c1. The van der Waals surface area contributed by atoms with E-state index in [-0.39, 0.29) is 17.9 Å². The van der Waals surface area contributed by atoms with Crippen molar-refractivity contribution in [3.63, 3.8) is 0 Å². The number of phenols is 1. The van der Waals surface area contributed by atoms with Crippen LogP contribution < -0.4 is 10.5 Å². The van der Waals surface area contributed by atoms with E-state index in [4.69, 9.17) is 15.2 Å². The first-order valence-electron chi connectivity index (χ1n) is 5.98. The van der Waals surface area contributed by atoms with Gasteiger partial charge in [0, 0.05) is 5.69 Å². The van der Waals surface area contributed by atoms with E-state index in [1.54, 1.807) is 25.3 Å². The van der Waals surface area contributed by atoms with Gasteiger partial charge in [0.25, 0.3) is 0 Å². The second kappa shape index (κ2) is 5.97. The summed E-state index contributed by atoms with van der Waals surface area (Å²) in [4.78, 5) is 11.9. The van der Waals surface area contributed by atoms with Crippen LogP contribution in [0.1, 0.15) is 15.9 Å². The molecule has 0 unspecified atom stereocenters. The van der Waals surface area contributed by atoms with Crippen molar-refractivity contribution in [1.82, 2.24) is 0 Å². The van der Waals surface area contributed by atoms with Crippen molar-refractivity contribution >= 4 is 11.7 Å². The molecule has 0 aromatic heterocycles. The Morgan fingerprint density at radius 3 is 2.80 bits per heavy atom. The minimum Gasteiger partial charge on any atom is -0.507 e. The minimum atomic E-state index is -0.627. The van der Waals surface area contributed by atoms with Crippen LogP contribution in [0.15, 0.2) is 42.5 Å². The van der Waals surface area contributed by atoms with Crippen molar-refractivity contribution in [2.24, 2.45) is 0 Å². The van der Waals surface area contributed by atoms with E-state index in [1.165, 1.54) is 18.2 Å². The van der Waals surface area contributed by atoms with Crippen LogP contribution >= 0.6 is 0 Å². The molecular weight excluding hydrogens is 258 g/mol. The fourth-order valence-electron chi connectivity index (χ4n) is 1.71. The van der Waals surface area contributed by atoms with Crippen LogP contribution in [-0.2, 0) is 11.3 Å². The molecule has 0 saturated carbocycles. The Morgan fingerprint density at radius 1 is 1.25 bits per heavy atom.